The van der Waals surface area contributed by atoms with Crippen LogP contribution in [0.3, 0.4) is 0 Å². The highest BCUT2D eigenvalue weighted by Crippen LogP contribution is 2.26. The Bertz CT molecular complexity index is 800. The Kier molecular flexibility index (Phi) is 4.26. The molecular formula is C21H21N3. The van der Waals surface area contributed by atoms with Gasteiger partial charge < -0.3 is 10.6 Å². The van der Waals surface area contributed by atoms with Crippen LogP contribution in [0.25, 0.3) is 11.1 Å². The van der Waals surface area contributed by atoms with Gasteiger partial charge in [-0.2, -0.15) is 0 Å². The highest BCUT2D eigenvalue weighted by Gasteiger charge is 2.16. The molecule has 4 rings (SSSR count). The van der Waals surface area contributed by atoms with Crippen LogP contribution in [0.1, 0.15) is 11.1 Å². The number of hydrogen-bond donors (Lipinski definition) is 2. The summed E-state index contributed by atoms with van der Waals surface area (Å²) >= 11 is 0. The molecule has 0 saturated carbocycles. The topological polar surface area (TPSA) is 37.0 Å². The second-order valence-electron chi connectivity index (χ2n) is 6.26. The van der Waals surface area contributed by atoms with Gasteiger partial charge >= 0.3 is 0 Å². The summed E-state index contributed by atoms with van der Waals surface area (Å²) in [6.07, 6.45) is 4.76. The Balaban J connectivity index is 1.51. The second-order valence-corrected chi connectivity index (χ2v) is 6.26. The monoisotopic (exact) mass is 315 g/mol. The number of anilines is 1. The zero-order chi connectivity index (χ0) is 16.2. The number of nitrogens with one attached hydrogen (secondary N) is 2. The van der Waals surface area contributed by atoms with Crippen LogP contribution in [-0.2, 0) is 13.0 Å². The number of rotatable bonds is 3. The minimum Gasteiger partial charge on any atom is -0.383 e. The van der Waals surface area contributed by atoms with Gasteiger partial charge in [-0.1, -0.05) is 42.5 Å². The molecule has 3 nitrogen and oxygen atoms in total. The number of nitrogens with zero attached hydrogens (tertiary/aromatic N) is 1. The molecule has 1 aliphatic heterocycles. The normalized spacial score (nSPS) is 16.8. The maximum Gasteiger partial charge on any atom is 0.0386 e. The molecule has 2 N–H and O–H groups in total. The lowest BCUT2D eigenvalue weighted by Crippen LogP contribution is -2.34. The van der Waals surface area contributed by atoms with E-state index in [2.05, 4.69) is 70.2 Å². The molecule has 0 radical (unpaired) electrons. The van der Waals surface area contributed by atoms with Crippen molar-refractivity contribution in [2.45, 2.75) is 19.0 Å². The van der Waals surface area contributed by atoms with E-state index in [1.165, 1.54) is 22.4 Å². The number of aromatic nitrogens is 1. The number of hydrogen-bond acceptors (Lipinski definition) is 3. The molecule has 24 heavy (non-hydrogen) atoms. The summed E-state index contributed by atoms with van der Waals surface area (Å²) in [5.41, 5.74) is 6.29. The Morgan fingerprint density at radius 3 is 2.71 bits per heavy atom. The average Bonchev–Trinajstić information content (AvgIpc) is 2.85. The first-order chi connectivity index (χ1) is 11.9. The summed E-state index contributed by atoms with van der Waals surface area (Å²) < 4.78 is 0. The quantitative estimate of drug-likeness (QED) is 0.770. The van der Waals surface area contributed by atoms with Crippen LogP contribution in [0.2, 0.25) is 0 Å². The minimum atomic E-state index is 0.432. The lowest BCUT2D eigenvalue weighted by molar-refractivity contribution is 0.537. The van der Waals surface area contributed by atoms with Crippen molar-refractivity contribution < 1.29 is 0 Å². The fourth-order valence-corrected chi connectivity index (χ4v) is 3.23. The zero-order valence-corrected chi connectivity index (χ0v) is 13.6. The fourth-order valence-electron chi connectivity index (χ4n) is 3.23. The predicted octanol–water partition coefficient (Wildman–Crippen LogP) is 3.88. The van der Waals surface area contributed by atoms with Gasteiger partial charge in [0.2, 0.25) is 0 Å². The van der Waals surface area contributed by atoms with Crippen LogP contribution < -0.4 is 10.6 Å². The highest BCUT2D eigenvalue weighted by atomic mass is 15.0. The highest BCUT2D eigenvalue weighted by molar-refractivity contribution is 5.68. The molecule has 0 aliphatic carbocycles. The second kappa shape index (κ2) is 6.85. The Labute approximate surface area is 142 Å². The van der Waals surface area contributed by atoms with Gasteiger partial charge in [-0.15, -0.1) is 0 Å². The molecule has 2 aromatic carbocycles. The van der Waals surface area contributed by atoms with Crippen LogP contribution in [0, 0.1) is 0 Å². The van der Waals surface area contributed by atoms with Crippen molar-refractivity contribution in [3.05, 3.63) is 84.2 Å². The van der Waals surface area contributed by atoms with E-state index in [4.69, 9.17) is 0 Å². The molecule has 1 unspecified atom stereocenters. The summed E-state index contributed by atoms with van der Waals surface area (Å²) in [5, 5.41) is 7.28. The Hall–Kier alpha value is -2.65. The molecule has 120 valence electrons. The van der Waals surface area contributed by atoms with E-state index in [9.17, 15) is 0 Å². The molecule has 0 saturated heterocycles. The number of benzene rings is 2. The number of fused-ring (bicyclic) bond motifs is 1. The lowest BCUT2D eigenvalue weighted by atomic mass is 10.0. The molecule has 1 aromatic heterocycles. The van der Waals surface area contributed by atoms with Gasteiger partial charge in [-0.25, -0.2) is 0 Å². The van der Waals surface area contributed by atoms with Gasteiger partial charge in [0.1, 0.15) is 0 Å². The summed E-state index contributed by atoms with van der Waals surface area (Å²) in [7, 11) is 0. The van der Waals surface area contributed by atoms with Crippen molar-refractivity contribution in [2.75, 3.05) is 11.9 Å². The van der Waals surface area contributed by atoms with Gasteiger partial charge in [0, 0.05) is 37.2 Å². The molecular weight excluding hydrogens is 294 g/mol. The van der Waals surface area contributed by atoms with Crippen molar-refractivity contribution in [3.63, 3.8) is 0 Å². The van der Waals surface area contributed by atoms with Crippen LogP contribution >= 0.6 is 0 Å². The molecule has 3 heteroatoms. The van der Waals surface area contributed by atoms with Crippen LogP contribution in [-0.4, -0.2) is 17.6 Å². The largest absolute Gasteiger partial charge is 0.383 e. The Morgan fingerprint density at radius 1 is 0.958 bits per heavy atom. The summed E-state index contributed by atoms with van der Waals surface area (Å²) in [5.74, 6) is 0. The predicted molar refractivity (Wildman–Crippen MR) is 98.9 cm³/mol. The molecule has 2 heterocycles. The molecule has 1 atom stereocenters. The van der Waals surface area contributed by atoms with Gasteiger partial charge in [-0.3, -0.25) is 4.98 Å². The third kappa shape index (κ3) is 3.31. The standard InChI is InChI=1S/C21H21N3/c1-2-5-16(6-3-1)11-20-15-24-21-9-8-17(12-19(21)14-23-20)18-7-4-10-22-13-18/h1-10,12-13,20,23-24H,11,14-15H2. The smallest absolute Gasteiger partial charge is 0.0386 e. The molecule has 0 bridgehead atoms. The summed E-state index contributed by atoms with van der Waals surface area (Å²) in [6, 6.07) is 21.8. The average molecular weight is 315 g/mol. The van der Waals surface area contributed by atoms with E-state index in [0.717, 1.165) is 25.1 Å². The van der Waals surface area contributed by atoms with Crippen molar-refractivity contribution >= 4 is 5.69 Å². The van der Waals surface area contributed by atoms with Gasteiger partial charge in [0.25, 0.3) is 0 Å². The van der Waals surface area contributed by atoms with Crippen molar-refractivity contribution in [2.24, 2.45) is 0 Å². The third-order valence-corrected chi connectivity index (χ3v) is 4.55. The summed E-state index contributed by atoms with van der Waals surface area (Å²) in [6.45, 7) is 1.82. The summed E-state index contributed by atoms with van der Waals surface area (Å²) in [4.78, 5) is 4.22. The van der Waals surface area contributed by atoms with Crippen molar-refractivity contribution in [3.8, 4) is 11.1 Å². The maximum absolute atomic E-state index is 4.22. The zero-order valence-electron chi connectivity index (χ0n) is 13.6. The van der Waals surface area contributed by atoms with E-state index in [1.807, 2.05) is 18.5 Å². The Morgan fingerprint density at radius 2 is 1.88 bits per heavy atom. The van der Waals surface area contributed by atoms with Crippen molar-refractivity contribution in [1.29, 1.82) is 0 Å². The SMILES string of the molecule is c1ccc(CC2CNc3ccc(-c4cccnc4)cc3CN2)cc1. The number of pyridine rings is 1. The molecule has 0 spiro atoms. The first kappa shape index (κ1) is 14.9. The molecule has 1 aliphatic rings. The molecule has 0 amide bonds. The van der Waals surface area contributed by atoms with Crippen LogP contribution in [0.15, 0.2) is 73.1 Å². The molecule has 3 aromatic rings. The van der Waals surface area contributed by atoms with Crippen LogP contribution in [0.4, 0.5) is 5.69 Å². The van der Waals surface area contributed by atoms with Crippen LogP contribution in [0.5, 0.6) is 0 Å². The van der Waals surface area contributed by atoms with E-state index in [0.29, 0.717) is 6.04 Å². The van der Waals surface area contributed by atoms with E-state index < -0.39 is 0 Å². The van der Waals surface area contributed by atoms with E-state index >= 15 is 0 Å². The van der Waals surface area contributed by atoms with Gasteiger partial charge in [0.15, 0.2) is 0 Å². The maximum atomic E-state index is 4.22. The lowest BCUT2D eigenvalue weighted by Gasteiger charge is -2.15. The molecule has 0 fully saturated rings. The van der Waals surface area contributed by atoms with E-state index in [-0.39, 0.29) is 0 Å². The van der Waals surface area contributed by atoms with E-state index in [1.54, 1.807) is 0 Å². The van der Waals surface area contributed by atoms with Gasteiger partial charge in [0.05, 0.1) is 0 Å². The minimum absolute atomic E-state index is 0.432. The fraction of sp³-hybridized carbons (Fsp3) is 0.190. The first-order valence-corrected chi connectivity index (χ1v) is 8.43. The van der Waals surface area contributed by atoms with Gasteiger partial charge in [-0.05, 0) is 46.9 Å². The first-order valence-electron chi connectivity index (χ1n) is 8.43. The third-order valence-electron chi connectivity index (χ3n) is 4.55. The van der Waals surface area contributed by atoms with Crippen molar-refractivity contribution in [1.82, 2.24) is 10.3 Å².